The molecular formula is C3H9O. The Morgan fingerprint density at radius 2 is 1.25 bits per heavy atom. The van der Waals surface area contributed by atoms with Crippen LogP contribution in [-0.4, -0.2) is 12.2 Å². The Morgan fingerprint density at radius 1 is 1.25 bits per heavy atom. The van der Waals surface area contributed by atoms with Gasteiger partial charge in [-0.25, -0.2) is 0 Å². The van der Waals surface area contributed by atoms with E-state index in [4.69, 9.17) is 5.11 Å². The molecule has 0 atom stereocenters. The maximum atomic E-state index is 7.00. The van der Waals surface area contributed by atoms with Crippen molar-refractivity contribution >= 4 is 0 Å². The summed E-state index contributed by atoms with van der Waals surface area (Å²) in [6.07, 6.45) is 0. The Labute approximate surface area is 27.3 Å². The molecule has 4 heavy (non-hydrogen) atoms. The van der Waals surface area contributed by atoms with Gasteiger partial charge in [0.25, 0.3) is 0 Å². The van der Waals surface area contributed by atoms with Gasteiger partial charge in [-0.15, -0.1) is 0 Å². The lowest BCUT2D eigenvalue weighted by atomic mass is 11.0. The molecule has 1 N–H and O–H groups in total. The summed E-state index contributed by atoms with van der Waals surface area (Å²) in [5.41, 5.74) is 0. The largest absolute Gasteiger partial charge is 0.400 e. The van der Waals surface area contributed by atoms with E-state index in [1.165, 1.54) is 0 Å². The van der Waals surface area contributed by atoms with Gasteiger partial charge in [0, 0.05) is 7.11 Å². The number of hydrogen-bond acceptors (Lipinski definition) is 1. The van der Waals surface area contributed by atoms with Crippen LogP contribution in [0.2, 0.25) is 0 Å². The van der Waals surface area contributed by atoms with Gasteiger partial charge in [-0.3, -0.25) is 0 Å². The molecule has 0 aromatic carbocycles. The molecule has 0 aliphatic rings. The number of aliphatic hydroxyl groups excluding tert-OH is 1. The highest BCUT2D eigenvalue weighted by atomic mass is 16.2. The van der Waals surface area contributed by atoms with E-state index in [-0.39, 0.29) is 0 Å². The zero-order chi connectivity index (χ0) is 4.00. The fourth-order valence-electron chi connectivity index (χ4n) is 0. The first-order valence-corrected chi connectivity index (χ1v) is 1.15. The molecule has 1 heteroatoms. The van der Waals surface area contributed by atoms with Gasteiger partial charge in [0.05, 0.1) is 0 Å². The molecule has 0 spiro atoms. The normalized spacial score (nSPS) is 3.00. The van der Waals surface area contributed by atoms with Gasteiger partial charge in [0.2, 0.25) is 0 Å². The van der Waals surface area contributed by atoms with Gasteiger partial charge >= 0.3 is 0 Å². The van der Waals surface area contributed by atoms with Crippen molar-refractivity contribution in [1.82, 2.24) is 0 Å². The van der Waals surface area contributed by atoms with Crippen LogP contribution in [0.4, 0.5) is 0 Å². The Kier molecular flexibility index (Phi) is 16000. The van der Waals surface area contributed by atoms with Crippen LogP contribution < -0.4 is 0 Å². The van der Waals surface area contributed by atoms with Crippen molar-refractivity contribution in [3.63, 3.8) is 0 Å². The molecule has 0 aliphatic heterocycles. The van der Waals surface area contributed by atoms with Gasteiger partial charge < -0.3 is 5.11 Å². The first-order chi connectivity index (χ1) is 2.00. The molecule has 0 aliphatic carbocycles. The highest BCUT2D eigenvalue weighted by Crippen LogP contribution is 1.11. The van der Waals surface area contributed by atoms with Gasteiger partial charge in [-0.2, -0.15) is 0 Å². The minimum absolute atomic E-state index is 1.00. The minimum atomic E-state index is 1.00. The lowest BCUT2D eigenvalue weighted by molar-refractivity contribution is 0.399. The van der Waals surface area contributed by atoms with E-state index >= 15 is 0 Å². The summed E-state index contributed by atoms with van der Waals surface area (Å²) in [5, 5.41) is 7.00. The molecule has 0 aromatic rings. The summed E-state index contributed by atoms with van der Waals surface area (Å²) in [6.45, 7) is 5.00. The first kappa shape index (κ1) is 9.03. The summed E-state index contributed by atoms with van der Waals surface area (Å²) < 4.78 is 0. The Hall–Kier alpha value is -0.0400. The summed E-state index contributed by atoms with van der Waals surface area (Å²) in [7, 11) is 1.00. The standard InChI is InChI=1S/C2H5.CH4O/c2*1-2/h1H2,2H3;2H,1H3. The lowest BCUT2D eigenvalue weighted by Gasteiger charge is -1.21. The molecule has 0 amide bonds. The molecule has 0 saturated carbocycles. The van der Waals surface area contributed by atoms with Crippen molar-refractivity contribution in [2.24, 2.45) is 0 Å². The number of rotatable bonds is 0. The lowest BCUT2D eigenvalue weighted by Crippen LogP contribution is -1.25. The Bertz CT molecular complexity index is 3.25. The van der Waals surface area contributed by atoms with E-state index in [0.29, 0.717) is 0 Å². The molecule has 1 radical (unpaired) electrons. The van der Waals surface area contributed by atoms with Crippen LogP contribution in [0, 0.1) is 6.92 Å². The van der Waals surface area contributed by atoms with Gasteiger partial charge in [0.1, 0.15) is 0 Å². The van der Waals surface area contributed by atoms with Crippen LogP contribution in [0.5, 0.6) is 0 Å². The maximum absolute atomic E-state index is 7.00. The fraction of sp³-hybridized carbons (Fsp3) is 0.667. The Balaban J connectivity index is 0. The van der Waals surface area contributed by atoms with E-state index in [2.05, 4.69) is 6.92 Å². The van der Waals surface area contributed by atoms with Gasteiger partial charge in [-0.1, -0.05) is 13.8 Å². The molecule has 0 aromatic heterocycles. The zero-order valence-corrected chi connectivity index (χ0v) is 3.15. The van der Waals surface area contributed by atoms with E-state index in [0.717, 1.165) is 7.11 Å². The van der Waals surface area contributed by atoms with Gasteiger partial charge in [-0.05, 0) is 0 Å². The average Bonchev–Trinajstić information content (AvgIpc) is 1.50. The summed E-state index contributed by atoms with van der Waals surface area (Å²) in [6, 6.07) is 0. The second-order valence-electron chi connectivity index (χ2n) is 0. The molecule has 0 unspecified atom stereocenters. The molecule has 0 fully saturated rings. The van der Waals surface area contributed by atoms with Crippen LogP contribution in [0.1, 0.15) is 6.92 Å². The first-order valence-electron chi connectivity index (χ1n) is 1.15. The third kappa shape index (κ3) is 1130. The van der Waals surface area contributed by atoms with E-state index < -0.39 is 0 Å². The highest BCUT2D eigenvalue weighted by molar-refractivity contribution is 3.94. The number of hydrogen-bond donors (Lipinski definition) is 1. The van der Waals surface area contributed by atoms with Crippen LogP contribution in [0.3, 0.4) is 0 Å². The van der Waals surface area contributed by atoms with Crippen LogP contribution in [-0.2, 0) is 0 Å². The van der Waals surface area contributed by atoms with Gasteiger partial charge in [0.15, 0.2) is 0 Å². The second kappa shape index (κ2) is 7110. The molecule has 1 nitrogen and oxygen atoms in total. The summed E-state index contributed by atoms with van der Waals surface area (Å²) in [4.78, 5) is 0. The van der Waals surface area contributed by atoms with Crippen molar-refractivity contribution in [2.75, 3.05) is 7.11 Å². The molecule has 0 heterocycles. The topological polar surface area (TPSA) is 20.2 Å². The summed E-state index contributed by atoms with van der Waals surface area (Å²) in [5.74, 6) is 0. The zero-order valence-electron chi connectivity index (χ0n) is 3.15. The van der Waals surface area contributed by atoms with Crippen LogP contribution in [0.15, 0.2) is 0 Å². The van der Waals surface area contributed by atoms with Crippen molar-refractivity contribution in [1.29, 1.82) is 0 Å². The molecule has 27 valence electrons. The van der Waals surface area contributed by atoms with Crippen molar-refractivity contribution in [3.8, 4) is 0 Å². The van der Waals surface area contributed by atoms with Crippen molar-refractivity contribution in [3.05, 3.63) is 6.92 Å². The van der Waals surface area contributed by atoms with Crippen LogP contribution >= 0.6 is 0 Å². The van der Waals surface area contributed by atoms with Crippen molar-refractivity contribution in [2.45, 2.75) is 6.92 Å². The second-order valence-corrected chi connectivity index (χ2v) is 0. The minimum Gasteiger partial charge on any atom is -0.400 e. The summed E-state index contributed by atoms with van der Waals surface area (Å²) >= 11 is 0. The van der Waals surface area contributed by atoms with Crippen LogP contribution in [0.25, 0.3) is 0 Å². The SMILES string of the molecule is CO.[CH2]C. The third-order valence-corrected chi connectivity index (χ3v) is 0. The van der Waals surface area contributed by atoms with Crippen molar-refractivity contribution < 1.29 is 5.11 Å². The predicted octanol–water partition coefficient (Wildman–Crippen LogP) is 0.449. The monoisotopic (exact) mass is 61.1 g/mol. The van der Waals surface area contributed by atoms with E-state index in [1.807, 2.05) is 0 Å². The number of aliphatic hydroxyl groups is 1. The van der Waals surface area contributed by atoms with E-state index in [9.17, 15) is 0 Å². The maximum Gasteiger partial charge on any atom is 0.0319 e. The average molecular weight is 61.1 g/mol. The molecule has 0 saturated heterocycles. The quantitative estimate of drug-likeness (QED) is 0.431. The third-order valence-electron chi connectivity index (χ3n) is 0. The van der Waals surface area contributed by atoms with E-state index in [1.54, 1.807) is 6.92 Å². The fourth-order valence-corrected chi connectivity index (χ4v) is 0. The molecular weight excluding hydrogens is 52.0 g/mol. The predicted molar refractivity (Wildman–Crippen MR) is 19.2 cm³/mol. The highest BCUT2D eigenvalue weighted by Gasteiger charge is 0.939. The Morgan fingerprint density at radius 3 is 1.25 bits per heavy atom. The molecule has 0 bridgehead atoms. The smallest absolute Gasteiger partial charge is 0.0319 e. The molecule has 0 rings (SSSR count).